The summed E-state index contributed by atoms with van der Waals surface area (Å²) in [5.41, 5.74) is 1.96. The molecule has 2 aromatic carbocycles. The summed E-state index contributed by atoms with van der Waals surface area (Å²) in [4.78, 5) is 12.1. The van der Waals surface area contributed by atoms with E-state index in [0.29, 0.717) is 13.1 Å². The lowest BCUT2D eigenvalue weighted by Gasteiger charge is -2.17. The molecule has 5 nitrogen and oxygen atoms in total. The van der Waals surface area contributed by atoms with Crippen LogP contribution in [0.5, 0.6) is 11.5 Å². The fourth-order valence-corrected chi connectivity index (χ4v) is 2.22. The van der Waals surface area contributed by atoms with Crippen molar-refractivity contribution in [2.45, 2.75) is 13.1 Å². The number of hydrogen-bond acceptors (Lipinski definition) is 4. The summed E-state index contributed by atoms with van der Waals surface area (Å²) in [6, 6.07) is 14.8. The second-order valence-corrected chi connectivity index (χ2v) is 5.40. The van der Waals surface area contributed by atoms with E-state index in [1.165, 1.54) is 4.31 Å². The van der Waals surface area contributed by atoms with Crippen molar-refractivity contribution in [1.29, 1.82) is 0 Å². The van der Waals surface area contributed by atoms with Gasteiger partial charge < -0.3 is 14.8 Å². The molecule has 0 aliphatic heterocycles. The van der Waals surface area contributed by atoms with E-state index in [0.717, 1.165) is 22.6 Å². The van der Waals surface area contributed by atoms with Gasteiger partial charge in [-0.2, -0.15) is 0 Å². The first-order chi connectivity index (χ1) is 11.1. The number of carbonyl (C=O) groups is 1. The molecule has 0 bridgehead atoms. The first-order valence-electron chi connectivity index (χ1n) is 7.12. The highest BCUT2D eigenvalue weighted by Gasteiger charge is 2.10. The second-order valence-electron chi connectivity index (χ2n) is 4.91. The Labute approximate surface area is 141 Å². The average molecular weight is 332 g/mol. The van der Waals surface area contributed by atoms with Gasteiger partial charge >= 0.3 is 6.03 Å². The summed E-state index contributed by atoms with van der Waals surface area (Å²) in [5, 5.41) is 2.82. The van der Waals surface area contributed by atoms with E-state index in [2.05, 4.69) is 18.1 Å². The van der Waals surface area contributed by atoms with E-state index >= 15 is 0 Å². The lowest BCUT2D eigenvalue weighted by atomic mass is 10.2. The van der Waals surface area contributed by atoms with Gasteiger partial charge in [0, 0.05) is 6.54 Å². The lowest BCUT2D eigenvalue weighted by Crippen LogP contribution is -2.33. The summed E-state index contributed by atoms with van der Waals surface area (Å²) in [5.74, 6) is 1.57. The van der Waals surface area contributed by atoms with Gasteiger partial charge in [0.25, 0.3) is 0 Å². The molecule has 0 radical (unpaired) electrons. The van der Waals surface area contributed by atoms with E-state index < -0.39 is 0 Å². The highest BCUT2D eigenvalue weighted by Crippen LogP contribution is 2.14. The zero-order valence-corrected chi connectivity index (χ0v) is 14.0. The van der Waals surface area contributed by atoms with E-state index in [-0.39, 0.29) is 6.03 Å². The number of ether oxygens (including phenoxy) is 2. The van der Waals surface area contributed by atoms with Gasteiger partial charge in [0.05, 0.1) is 20.8 Å². The molecule has 6 heteroatoms. The van der Waals surface area contributed by atoms with Gasteiger partial charge in [-0.25, -0.2) is 4.79 Å². The van der Waals surface area contributed by atoms with Gasteiger partial charge in [0.15, 0.2) is 0 Å². The third kappa shape index (κ3) is 5.10. The maximum Gasteiger partial charge on any atom is 0.327 e. The Morgan fingerprint density at radius 3 is 1.91 bits per heavy atom. The topological polar surface area (TPSA) is 50.8 Å². The van der Waals surface area contributed by atoms with Crippen molar-refractivity contribution < 1.29 is 14.3 Å². The molecule has 0 unspecified atom stereocenters. The number of amides is 2. The van der Waals surface area contributed by atoms with Crippen LogP contribution in [0.15, 0.2) is 48.5 Å². The number of nitrogens with zero attached hydrogens (tertiary/aromatic N) is 1. The fourth-order valence-electron chi connectivity index (χ4n) is 1.99. The van der Waals surface area contributed by atoms with Crippen LogP contribution < -0.4 is 14.8 Å². The number of nitrogens with one attached hydrogen (secondary N) is 1. The number of hydrogen-bond donors (Lipinski definition) is 2. The number of benzene rings is 2. The monoisotopic (exact) mass is 332 g/mol. The number of urea groups is 1. The number of carbonyl (C=O) groups excluding carboxylic acids is 1. The normalized spacial score (nSPS) is 10.0. The molecule has 0 aliphatic carbocycles. The van der Waals surface area contributed by atoms with Gasteiger partial charge in [-0.15, -0.1) is 0 Å². The molecule has 1 N–H and O–H groups in total. The summed E-state index contributed by atoms with van der Waals surface area (Å²) in [6.45, 7) is 0.837. The van der Waals surface area contributed by atoms with Crippen LogP contribution in [0.3, 0.4) is 0 Å². The van der Waals surface area contributed by atoms with Crippen LogP contribution in [0.4, 0.5) is 4.79 Å². The summed E-state index contributed by atoms with van der Waals surface area (Å²) >= 11 is 4.23. The molecule has 122 valence electrons. The molecule has 23 heavy (non-hydrogen) atoms. The minimum absolute atomic E-state index is 0.250. The van der Waals surface area contributed by atoms with E-state index in [1.54, 1.807) is 14.2 Å². The van der Waals surface area contributed by atoms with Crippen LogP contribution >= 0.6 is 12.8 Å². The maximum absolute atomic E-state index is 12.1. The van der Waals surface area contributed by atoms with Crippen molar-refractivity contribution in [3.63, 3.8) is 0 Å². The molecule has 0 aliphatic rings. The fraction of sp³-hybridized carbons (Fsp3) is 0.235. The van der Waals surface area contributed by atoms with Gasteiger partial charge in [0.1, 0.15) is 11.5 Å². The predicted molar refractivity (Wildman–Crippen MR) is 92.8 cm³/mol. The van der Waals surface area contributed by atoms with Gasteiger partial charge in [-0.05, 0) is 35.4 Å². The van der Waals surface area contributed by atoms with Crippen molar-refractivity contribution in [1.82, 2.24) is 9.62 Å². The number of methoxy groups -OCH3 is 2. The third-order valence-corrected chi connectivity index (χ3v) is 3.65. The Balaban J connectivity index is 1.83. The standard InChI is InChI=1S/C17H20N2O3S/c1-21-15-7-3-13(4-8-15)11-18-17(20)19(23)12-14-5-9-16(22-2)10-6-14/h3-10,23H,11-12H2,1-2H3,(H,18,20). The third-order valence-electron chi connectivity index (χ3n) is 3.33. The Morgan fingerprint density at radius 1 is 0.957 bits per heavy atom. The molecule has 2 rings (SSSR count). The molecular weight excluding hydrogens is 312 g/mol. The van der Waals surface area contributed by atoms with Crippen molar-refractivity contribution in [2.24, 2.45) is 0 Å². The molecule has 0 saturated carbocycles. The van der Waals surface area contributed by atoms with Crippen LogP contribution in [-0.2, 0) is 13.1 Å². The van der Waals surface area contributed by atoms with Crippen LogP contribution in [-0.4, -0.2) is 24.6 Å². The van der Waals surface area contributed by atoms with Gasteiger partial charge in [-0.1, -0.05) is 37.1 Å². The van der Waals surface area contributed by atoms with Crippen molar-refractivity contribution in [2.75, 3.05) is 14.2 Å². The zero-order valence-electron chi connectivity index (χ0n) is 13.2. The predicted octanol–water partition coefficient (Wildman–Crippen LogP) is 3.26. The van der Waals surface area contributed by atoms with Crippen LogP contribution in [0.2, 0.25) is 0 Å². The zero-order chi connectivity index (χ0) is 16.7. The quantitative estimate of drug-likeness (QED) is 0.798. The molecule has 2 amide bonds. The Hall–Kier alpha value is -2.34. The van der Waals surface area contributed by atoms with E-state index in [1.807, 2.05) is 48.5 Å². The Bertz CT molecular complexity index is 629. The summed E-state index contributed by atoms with van der Waals surface area (Å²) in [6.07, 6.45) is 0. The van der Waals surface area contributed by atoms with Crippen LogP contribution in [0, 0.1) is 0 Å². The first-order valence-corrected chi connectivity index (χ1v) is 7.52. The average Bonchev–Trinajstić information content (AvgIpc) is 2.60. The minimum atomic E-state index is -0.250. The van der Waals surface area contributed by atoms with E-state index in [4.69, 9.17) is 9.47 Å². The molecule has 0 atom stereocenters. The molecular formula is C17H20N2O3S. The molecule has 0 fully saturated rings. The lowest BCUT2D eigenvalue weighted by molar-refractivity contribution is 0.225. The van der Waals surface area contributed by atoms with Crippen molar-refractivity contribution >= 4 is 18.8 Å². The van der Waals surface area contributed by atoms with Gasteiger partial charge in [0.2, 0.25) is 0 Å². The first kappa shape index (κ1) is 17.0. The van der Waals surface area contributed by atoms with Crippen LogP contribution in [0.1, 0.15) is 11.1 Å². The SMILES string of the molecule is COc1ccc(CNC(=O)N(S)Cc2ccc(OC)cc2)cc1. The molecule has 0 heterocycles. The summed E-state index contributed by atoms with van der Waals surface area (Å²) < 4.78 is 11.5. The van der Waals surface area contributed by atoms with Crippen molar-refractivity contribution in [3.05, 3.63) is 59.7 Å². The largest absolute Gasteiger partial charge is 0.497 e. The van der Waals surface area contributed by atoms with E-state index in [9.17, 15) is 4.79 Å². The second kappa shape index (κ2) is 8.33. The smallest absolute Gasteiger partial charge is 0.327 e. The molecule has 0 spiro atoms. The molecule has 2 aromatic rings. The molecule has 0 saturated heterocycles. The molecule has 0 aromatic heterocycles. The number of rotatable bonds is 6. The van der Waals surface area contributed by atoms with Crippen LogP contribution in [0.25, 0.3) is 0 Å². The van der Waals surface area contributed by atoms with Crippen molar-refractivity contribution in [3.8, 4) is 11.5 Å². The van der Waals surface area contributed by atoms with Gasteiger partial charge in [-0.3, -0.25) is 4.31 Å². The number of thiol groups is 1. The highest BCUT2D eigenvalue weighted by atomic mass is 32.1. The highest BCUT2D eigenvalue weighted by molar-refractivity contribution is 7.78. The Kier molecular flexibility index (Phi) is 6.17. The minimum Gasteiger partial charge on any atom is -0.497 e. The maximum atomic E-state index is 12.1. The Morgan fingerprint density at radius 2 is 1.43 bits per heavy atom. The summed E-state index contributed by atoms with van der Waals surface area (Å²) in [7, 11) is 3.24.